The van der Waals surface area contributed by atoms with Crippen molar-refractivity contribution in [2.45, 2.75) is 44.9 Å². The van der Waals surface area contributed by atoms with Gasteiger partial charge in [0.1, 0.15) is 5.78 Å². The van der Waals surface area contributed by atoms with E-state index in [2.05, 4.69) is 0 Å². The van der Waals surface area contributed by atoms with Gasteiger partial charge in [-0.1, -0.05) is 12.8 Å². The van der Waals surface area contributed by atoms with E-state index in [1.165, 1.54) is 25.7 Å². The topological polar surface area (TPSA) is 17.1 Å². The molecule has 0 aromatic carbocycles. The highest BCUT2D eigenvalue weighted by Crippen LogP contribution is 2.43. The number of carbonyl (C=O) groups is 1. The Kier molecular flexibility index (Phi) is 3.48. The van der Waals surface area contributed by atoms with Gasteiger partial charge in [0.05, 0.1) is 0 Å². The van der Waals surface area contributed by atoms with Crippen LogP contribution in [0.2, 0.25) is 0 Å². The van der Waals surface area contributed by atoms with Gasteiger partial charge in [0.25, 0.3) is 0 Å². The molecule has 0 amide bonds. The normalized spacial score (nSPS) is 38.9. The van der Waals surface area contributed by atoms with Crippen LogP contribution in [0.3, 0.4) is 0 Å². The molecule has 1 nitrogen and oxygen atoms in total. The zero-order chi connectivity index (χ0) is 9.97. The Morgan fingerprint density at radius 3 is 2.86 bits per heavy atom. The number of rotatable bonds is 1. The first-order valence-corrected chi connectivity index (χ1v) is 6.42. The third-order valence-electron chi connectivity index (χ3n) is 4.06. The summed E-state index contributed by atoms with van der Waals surface area (Å²) in [6, 6.07) is 0. The number of carbonyl (C=O) groups excluding carboxylic acids is 1. The van der Waals surface area contributed by atoms with Gasteiger partial charge in [0, 0.05) is 18.7 Å². The summed E-state index contributed by atoms with van der Waals surface area (Å²) < 4.78 is 0. The highest BCUT2D eigenvalue weighted by atomic mass is 35.5. The number of alkyl halides is 1. The fourth-order valence-electron chi connectivity index (χ4n) is 3.22. The minimum Gasteiger partial charge on any atom is -0.300 e. The first kappa shape index (κ1) is 10.5. The van der Waals surface area contributed by atoms with E-state index < -0.39 is 0 Å². The Bertz CT molecular complexity index is 214. The van der Waals surface area contributed by atoms with E-state index in [1.807, 2.05) is 0 Å². The second-order valence-electron chi connectivity index (χ2n) is 4.90. The highest BCUT2D eigenvalue weighted by Gasteiger charge is 2.36. The maximum absolute atomic E-state index is 11.6. The molecule has 0 unspecified atom stereocenters. The fourth-order valence-corrected chi connectivity index (χ4v) is 3.60. The molecular weight excluding hydrogens is 196 g/mol. The standard InChI is InChI=1S/C12H19ClO/c13-8-10-6-5-9-3-1-2-4-11(14)7-12(9)10/h9-10,12H,1-8H2/t9-,10+,12+/m1/s1. The van der Waals surface area contributed by atoms with Gasteiger partial charge in [-0.2, -0.15) is 0 Å². The molecule has 2 aliphatic rings. The molecule has 0 spiro atoms. The Balaban J connectivity index is 2.04. The minimum absolute atomic E-state index is 0.483. The summed E-state index contributed by atoms with van der Waals surface area (Å²) in [6.45, 7) is 0. The van der Waals surface area contributed by atoms with E-state index >= 15 is 0 Å². The molecule has 2 rings (SSSR count). The Morgan fingerprint density at radius 2 is 2.07 bits per heavy atom. The van der Waals surface area contributed by atoms with Crippen LogP contribution >= 0.6 is 11.6 Å². The zero-order valence-corrected chi connectivity index (χ0v) is 9.43. The molecular formula is C12H19ClO. The number of hydrogen-bond acceptors (Lipinski definition) is 1. The number of hydrogen-bond donors (Lipinski definition) is 0. The summed E-state index contributed by atoms with van der Waals surface area (Å²) in [5.41, 5.74) is 0. The van der Waals surface area contributed by atoms with E-state index in [0.717, 1.165) is 31.1 Å². The summed E-state index contributed by atoms with van der Waals surface area (Å²) in [6.07, 6.45) is 7.92. The van der Waals surface area contributed by atoms with Crippen LogP contribution in [0, 0.1) is 17.8 Å². The van der Waals surface area contributed by atoms with Crippen molar-refractivity contribution < 1.29 is 4.79 Å². The molecule has 0 aliphatic heterocycles. The minimum atomic E-state index is 0.483. The SMILES string of the molecule is O=C1CCCC[C@@H]2CC[C@@H](CCl)[C@H]2C1. The Morgan fingerprint density at radius 1 is 1.21 bits per heavy atom. The molecule has 2 fully saturated rings. The van der Waals surface area contributed by atoms with Crippen LogP contribution in [-0.4, -0.2) is 11.7 Å². The average molecular weight is 215 g/mol. The van der Waals surface area contributed by atoms with Gasteiger partial charge < -0.3 is 0 Å². The van der Waals surface area contributed by atoms with E-state index in [0.29, 0.717) is 17.6 Å². The van der Waals surface area contributed by atoms with Crippen molar-refractivity contribution in [3.8, 4) is 0 Å². The van der Waals surface area contributed by atoms with Crippen LogP contribution in [0.15, 0.2) is 0 Å². The number of fused-ring (bicyclic) bond motifs is 1. The smallest absolute Gasteiger partial charge is 0.133 e. The van der Waals surface area contributed by atoms with Crippen molar-refractivity contribution in [2.24, 2.45) is 17.8 Å². The van der Waals surface area contributed by atoms with Crippen LogP contribution in [0.4, 0.5) is 0 Å². The van der Waals surface area contributed by atoms with E-state index in [-0.39, 0.29) is 0 Å². The predicted molar refractivity (Wildman–Crippen MR) is 58.5 cm³/mol. The third-order valence-corrected chi connectivity index (χ3v) is 4.46. The summed E-state index contributed by atoms with van der Waals surface area (Å²) in [4.78, 5) is 11.6. The molecule has 0 aromatic heterocycles. The summed E-state index contributed by atoms with van der Waals surface area (Å²) in [5.74, 6) is 3.30. The third kappa shape index (κ3) is 2.13. The highest BCUT2D eigenvalue weighted by molar-refractivity contribution is 6.18. The maximum Gasteiger partial charge on any atom is 0.133 e. The van der Waals surface area contributed by atoms with Crippen molar-refractivity contribution in [1.82, 2.24) is 0 Å². The lowest BCUT2D eigenvalue weighted by atomic mass is 9.80. The Labute approximate surface area is 91.2 Å². The molecule has 2 heteroatoms. The van der Waals surface area contributed by atoms with Crippen molar-refractivity contribution in [1.29, 1.82) is 0 Å². The van der Waals surface area contributed by atoms with Crippen molar-refractivity contribution >= 4 is 17.4 Å². The molecule has 0 bridgehead atoms. The summed E-state index contributed by atoms with van der Waals surface area (Å²) >= 11 is 5.96. The van der Waals surface area contributed by atoms with Crippen LogP contribution in [0.25, 0.3) is 0 Å². The first-order valence-electron chi connectivity index (χ1n) is 5.89. The van der Waals surface area contributed by atoms with Gasteiger partial charge >= 0.3 is 0 Å². The second-order valence-corrected chi connectivity index (χ2v) is 5.21. The molecule has 0 radical (unpaired) electrons. The van der Waals surface area contributed by atoms with Crippen LogP contribution in [0.5, 0.6) is 0 Å². The van der Waals surface area contributed by atoms with Gasteiger partial charge in [0.15, 0.2) is 0 Å². The lowest BCUT2D eigenvalue weighted by molar-refractivity contribution is -0.121. The lowest BCUT2D eigenvalue weighted by Gasteiger charge is -2.25. The molecule has 0 N–H and O–H groups in total. The molecule has 0 heterocycles. The number of halogens is 1. The van der Waals surface area contributed by atoms with Crippen LogP contribution in [0.1, 0.15) is 44.9 Å². The molecule has 2 saturated carbocycles. The monoisotopic (exact) mass is 214 g/mol. The predicted octanol–water partition coefficient (Wildman–Crippen LogP) is 3.40. The largest absolute Gasteiger partial charge is 0.300 e. The van der Waals surface area contributed by atoms with E-state index in [4.69, 9.17) is 11.6 Å². The second kappa shape index (κ2) is 4.65. The van der Waals surface area contributed by atoms with Gasteiger partial charge in [0.2, 0.25) is 0 Å². The molecule has 0 aromatic rings. The van der Waals surface area contributed by atoms with Crippen molar-refractivity contribution in [3.63, 3.8) is 0 Å². The summed E-state index contributed by atoms with van der Waals surface area (Å²) in [5, 5.41) is 0. The average Bonchev–Trinajstić information content (AvgIpc) is 2.51. The Hall–Kier alpha value is -0.0400. The quantitative estimate of drug-likeness (QED) is 0.612. The number of Topliss-reactive ketones (excluding diaryl/α,β-unsaturated/α-hetero) is 1. The van der Waals surface area contributed by atoms with E-state index in [9.17, 15) is 4.79 Å². The molecule has 2 aliphatic carbocycles. The van der Waals surface area contributed by atoms with Crippen LogP contribution < -0.4 is 0 Å². The maximum atomic E-state index is 11.6. The fraction of sp³-hybridized carbons (Fsp3) is 0.917. The van der Waals surface area contributed by atoms with Crippen LogP contribution in [-0.2, 0) is 4.79 Å². The number of ketones is 1. The van der Waals surface area contributed by atoms with Crippen molar-refractivity contribution in [3.05, 3.63) is 0 Å². The zero-order valence-electron chi connectivity index (χ0n) is 8.68. The van der Waals surface area contributed by atoms with E-state index in [1.54, 1.807) is 0 Å². The van der Waals surface area contributed by atoms with Gasteiger partial charge in [-0.15, -0.1) is 11.6 Å². The summed E-state index contributed by atoms with van der Waals surface area (Å²) in [7, 11) is 0. The van der Waals surface area contributed by atoms with Gasteiger partial charge in [-0.05, 0) is 37.0 Å². The molecule has 80 valence electrons. The molecule has 14 heavy (non-hydrogen) atoms. The van der Waals surface area contributed by atoms with Gasteiger partial charge in [-0.25, -0.2) is 0 Å². The lowest BCUT2D eigenvalue weighted by Crippen LogP contribution is -2.22. The molecule has 3 atom stereocenters. The first-order chi connectivity index (χ1) is 6.81. The van der Waals surface area contributed by atoms with Crippen molar-refractivity contribution in [2.75, 3.05) is 5.88 Å². The van der Waals surface area contributed by atoms with Gasteiger partial charge in [-0.3, -0.25) is 4.79 Å². The molecule has 0 saturated heterocycles.